The van der Waals surface area contributed by atoms with Crippen LogP contribution in [-0.4, -0.2) is 16.9 Å². The Labute approximate surface area is 99.8 Å². The third-order valence-electron chi connectivity index (χ3n) is 2.64. The number of amides is 1. The highest BCUT2D eigenvalue weighted by Gasteiger charge is 2.22. The van der Waals surface area contributed by atoms with E-state index in [2.05, 4.69) is 5.32 Å². The number of hydrogen-bond acceptors (Lipinski definition) is 3. The molecule has 1 heterocycles. The van der Waals surface area contributed by atoms with Crippen molar-refractivity contribution in [1.82, 2.24) is 5.32 Å². The number of rotatable bonds is 3. The van der Waals surface area contributed by atoms with Gasteiger partial charge in [0.1, 0.15) is 0 Å². The second-order valence-corrected chi connectivity index (χ2v) is 5.28. The van der Waals surface area contributed by atoms with Crippen molar-refractivity contribution >= 4 is 23.4 Å². The Morgan fingerprint density at radius 1 is 1.56 bits per heavy atom. The molecule has 1 unspecified atom stereocenters. The van der Waals surface area contributed by atoms with Crippen LogP contribution in [0.15, 0.2) is 24.3 Å². The van der Waals surface area contributed by atoms with Gasteiger partial charge in [0.15, 0.2) is 0 Å². The van der Waals surface area contributed by atoms with Gasteiger partial charge >= 0.3 is 0 Å². The number of thioether (sulfide) groups is 1. The number of anilines is 1. The lowest BCUT2D eigenvalue weighted by atomic mass is 10.2. The number of hydrogen-bond donors (Lipinski definition) is 2. The monoisotopic (exact) mass is 236 g/mol. The molecule has 1 amide bonds. The van der Waals surface area contributed by atoms with Crippen LogP contribution in [0.3, 0.4) is 0 Å². The molecule has 0 aliphatic carbocycles. The molecule has 1 fully saturated rings. The zero-order valence-corrected chi connectivity index (χ0v) is 9.93. The minimum absolute atomic E-state index is 0.154. The molecule has 1 saturated heterocycles. The first-order valence-electron chi connectivity index (χ1n) is 5.49. The van der Waals surface area contributed by atoms with E-state index in [-0.39, 0.29) is 11.2 Å². The molecule has 1 atom stereocenters. The lowest BCUT2D eigenvalue weighted by Gasteiger charge is -2.10. The molecule has 3 nitrogen and oxygen atoms in total. The summed E-state index contributed by atoms with van der Waals surface area (Å²) in [6.45, 7) is 0.570. The number of benzene rings is 1. The van der Waals surface area contributed by atoms with Crippen LogP contribution in [0.5, 0.6) is 0 Å². The van der Waals surface area contributed by atoms with Crippen molar-refractivity contribution in [2.75, 3.05) is 11.5 Å². The van der Waals surface area contributed by atoms with Gasteiger partial charge in [0.05, 0.1) is 5.25 Å². The van der Waals surface area contributed by atoms with Crippen LogP contribution in [0.2, 0.25) is 0 Å². The number of carbonyl (C=O) groups is 1. The van der Waals surface area contributed by atoms with Crippen molar-refractivity contribution in [3.8, 4) is 0 Å². The first kappa shape index (κ1) is 11.3. The zero-order chi connectivity index (χ0) is 11.4. The molecular weight excluding hydrogens is 220 g/mol. The minimum atomic E-state index is 0.154. The molecule has 0 bridgehead atoms. The molecule has 2 rings (SSSR count). The van der Waals surface area contributed by atoms with Crippen molar-refractivity contribution in [2.24, 2.45) is 0 Å². The van der Waals surface area contributed by atoms with Crippen molar-refractivity contribution < 1.29 is 4.79 Å². The van der Waals surface area contributed by atoms with Crippen molar-refractivity contribution in [3.05, 3.63) is 29.8 Å². The highest BCUT2D eigenvalue weighted by atomic mass is 32.2. The van der Waals surface area contributed by atoms with Gasteiger partial charge in [0.2, 0.25) is 5.91 Å². The zero-order valence-electron chi connectivity index (χ0n) is 9.11. The van der Waals surface area contributed by atoms with Gasteiger partial charge < -0.3 is 11.1 Å². The Morgan fingerprint density at radius 3 is 3.12 bits per heavy atom. The smallest absolute Gasteiger partial charge is 0.233 e. The summed E-state index contributed by atoms with van der Waals surface area (Å²) in [5, 5.41) is 3.11. The van der Waals surface area contributed by atoms with E-state index in [4.69, 9.17) is 5.73 Å². The van der Waals surface area contributed by atoms with Crippen LogP contribution in [0, 0.1) is 0 Å². The molecule has 1 aromatic carbocycles. The van der Waals surface area contributed by atoms with Gasteiger partial charge in [-0.3, -0.25) is 4.79 Å². The Morgan fingerprint density at radius 2 is 2.44 bits per heavy atom. The molecule has 1 aromatic rings. The maximum atomic E-state index is 11.7. The molecule has 0 spiro atoms. The lowest BCUT2D eigenvalue weighted by Crippen LogP contribution is -2.30. The van der Waals surface area contributed by atoms with E-state index in [0.717, 1.165) is 29.8 Å². The number of nitrogens with two attached hydrogens (primary N) is 1. The lowest BCUT2D eigenvalue weighted by molar-refractivity contribution is -0.120. The summed E-state index contributed by atoms with van der Waals surface area (Å²) in [6.07, 6.45) is 2.16. The van der Waals surface area contributed by atoms with E-state index in [1.54, 1.807) is 11.8 Å². The Balaban J connectivity index is 1.84. The van der Waals surface area contributed by atoms with E-state index in [9.17, 15) is 4.79 Å². The molecule has 4 heteroatoms. The van der Waals surface area contributed by atoms with Gasteiger partial charge in [-0.25, -0.2) is 0 Å². The van der Waals surface area contributed by atoms with Gasteiger partial charge in [-0.15, -0.1) is 11.8 Å². The van der Waals surface area contributed by atoms with Crippen LogP contribution in [0.1, 0.15) is 18.4 Å². The predicted octanol–water partition coefficient (Wildman–Crippen LogP) is 1.78. The van der Waals surface area contributed by atoms with E-state index in [1.807, 2.05) is 24.3 Å². The summed E-state index contributed by atoms with van der Waals surface area (Å²) in [5.41, 5.74) is 7.46. The minimum Gasteiger partial charge on any atom is -0.399 e. The standard InChI is InChI=1S/C12H16N2OS/c13-10-4-1-3-9(7-10)8-14-12(15)11-5-2-6-16-11/h1,3-4,7,11H,2,5-6,8,13H2,(H,14,15). The van der Waals surface area contributed by atoms with Crippen molar-refractivity contribution in [2.45, 2.75) is 24.6 Å². The highest BCUT2D eigenvalue weighted by molar-refractivity contribution is 8.00. The third-order valence-corrected chi connectivity index (χ3v) is 4.02. The fourth-order valence-electron chi connectivity index (χ4n) is 1.79. The normalized spacial score (nSPS) is 19.6. The molecule has 3 N–H and O–H groups in total. The van der Waals surface area contributed by atoms with Crippen molar-refractivity contribution in [3.63, 3.8) is 0 Å². The SMILES string of the molecule is Nc1cccc(CNC(=O)C2CCCS2)c1. The van der Waals surface area contributed by atoms with Crippen LogP contribution < -0.4 is 11.1 Å². The first-order chi connectivity index (χ1) is 7.75. The summed E-state index contributed by atoms with van der Waals surface area (Å²) in [5.74, 6) is 1.26. The van der Waals surface area contributed by atoms with Crippen molar-refractivity contribution in [1.29, 1.82) is 0 Å². The first-order valence-corrected chi connectivity index (χ1v) is 6.54. The molecule has 1 aliphatic rings. The number of nitrogen functional groups attached to an aromatic ring is 1. The number of carbonyl (C=O) groups excluding carboxylic acids is 1. The molecule has 0 saturated carbocycles. The Kier molecular flexibility index (Phi) is 3.72. The van der Waals surface area contributed by atoms with Gasteiger partial charge in [0, 0.05) is 12.2 Å². The van der Waals surface area contributed by atoms with E-state index < -0.39 is 0 Å². The fraction of sp³-hybridized carbons (Fsp3) is 0.417. The van der Waals surface area contributed by atoms with Crippen LogP contribution in [-0.2, 0) is 11.3 Å². The third kappa shape index (κ3) is 2.92. The molecular formula is C12H16N2OS. The topological polar surface area (TPSA) is 55.1 Å². The molecule has 16 heavy (non-hydrogen) atoms. The highest BCUT2D eigenvalue weighted by Crippen LogP contribution is 2.26. The van der Waals surface area contributed by atoms with Gasteiger partial charge in [-0.05, 0) is 36.3 Å². The van der Waals surface area contributed by atoms with E-state index in [0.29, 0.717) is 6.54 Å². The second kappa shape index (κ2) is 5.25. The van der Waals surface area contributed by atoms with Gasteiger partial charge in [0.25, 0.3) is 0 Å². The van der Waals surface area contributed by atoms with Crippen LogP contribution in [0.4, 0.5) is 5.69 Å². The van der Waals surface area contributed by atoms with Gasteiger partial charge in [-0.2, -0.15) is 0 Å². The van der Waals surface area contributed by atoms with Crippen LogP contribution >= 0.6 is 11.8 Å². The summed E-state index contributed by atoms with van der Waals surface area (Å²) < 4.78 is 0. The molecule has 1 aliphatic heterocycles. The molecule has 86 valence electrons. The maximum Gasteiger partial charge on any atom is 0.233 e. The summed E-state index contributed by atoms with van der Waals surface area (Å²) in [6, 6.07) is 7.61. The van der Waals surface area contributed by atoms with E-state index >= 15 is 0 Å². The Hall–Kier alpha value is -1.16. The molecule has 0 aromatic heterocycles. The quantitative estimate of drug-likeness (QED) is 0.787. The average Bonchev–Trinajstić information content (AvgIpc) is 2.79. The summed E-state index contributed by atoms with van der Waals surface area (Å²) in [4.78, 5) is 11.7. The summed E-state index contributed by atoms with van der Waals surface area (Å²) in [7, 11) is 0. The average molecular weight is 236 g/mol. The maximum absolute atomic E-state index is 11.7. The fourth-order valence-corrected chi connectivity index (χ4v) is 2.98. The van der Waals surface area contributed by atoms with Crippen LogP contribution in [0.25, 0.3) is 0 Å². The Bertz CT molecular complexity index is 375. The number of nitrogens with one attached hydrogen (secondary N) is 1. The predicted molar refractivity (Wildman–Crippen MR) is 68.2 cm³/mol. The molecule has 0 radical (unpaired) electrons. The second-order valence-electron chi connectivity index (χ2n) is 3.96. The van der Waals surface area contributed by atoms with Gasteiger partial charge in [-0.1, -0.05) is 12.1 Å². The van der Waals surface area contributed by atoms with E-state index in [1.165, 1.54) is 0 Å². The largest absolute Gasteiger partial charge is 0.399 e. The summed E-state index contributed by atoms with van der Waals surface area (Å²) >= 11 is 1.75.